The van der Waals surface area contributed by atoms with Crippen molar-refractivity contribution in [2.75, 3.05) is 0 Å². The molecule has 1 N–H and O–H groups in total. The van der Waals surface area contributed by atoms with Crippen LogP contribution in [-0.4, -0.2) is 19.7 Å². The second kappa shape index (κ2) is 7.70. The summed E-state index contributed by atoms with van der Waals surface area (Å²) in [6.45, 7) is 3.31. The monoisotopic (exact) mass is 323 g/mol. The molecule has 0 saturated carbocycles. The minimum atomic E-state index is 0.137. The van der Waals surface area contributed by atoms with Crippen molar-refractivity contribution in [3.05, 3.63) is 72.1 Å². The van der Waals surface area contributed by atoms with Crippen molar-refractivity contribution < 1.29 is 4.74 Å². The number of nitrogens with zero attached hydrogens (tertiary/aromatic N) is 4. The molecule has 1 atom stereocenters. The summed E-state index contributed by atoms with van der Waals surface area (Å²) < 4.78 is 7.67. The van der Waals surface area contributed by atoms with Crippen molar-refractivity contribution in [2.45, 2.75) is 26.1 Å². The maximum Gasteiger partial charge on any atom is 0.149 e. The first-order chi connectivity index (χ1) is 11.7. The van der Waals surface area contributed by atoms with E-state index in [9.17, 15) is 0 Å². The highest BCUT2D eigenvalue weighted by atomic mass is 16.5. The molecule has 124 valence electrons. The zero-order valence-corrected chi connectivity index (χ0v) is 13.9. The van der Waals surface area contributed by atoms with E-state index in [1.807, 2.05) is 41.9 Å². The number of rotatable bonds is 7. The van der Waals surface area contributed by atoms with Crippen LogP contribution in [0.4, 0.5) is 0 Å². The van der Waals surface area contributed by atoms with E-state index in [0.29, 0.717) is 6.61 Å². The number of hydrogen-bond donors (Lipinski definition) is 1. The highest BCUT2D eigenvalue weighted by Crippen LogP contribution is 2.15. The summed E-state index contributed by atoms with van der Waals surface area (Å²) in [6.07, 6.45) is 3.48. The zero-order valence-electron chi connectivity index (χ0n) is 13.9. The molecular formula is C18H21N5O. The topological polar surface area (TPSA) is 64.9 Å². The van der Waals surface area contributed by atoms with Crippen LogP contribution in [0, 0.1) is 0 Å². The van der Waals surface area contributed by atoms with Crippen molar-refractivity contribution in [2.24, 2.45) is 7.05 Å². The summed E-state index contributed by atoms with van der Waals surface area (Å²) in [5.74, 6) is 1.76. The van der Waals surface area contributed by atoms with Gasteiger partial charge in [0.15, 0.2) is 0 Å². The Morgan fingerprint density at radius 2 is 2.00 bits per heavy atom. The third kappa shape index (κ3) is 4.17. The van der Waals surface area contributed by atoms with Crippen LogP contribution in [0.1, 0.15) is 30.0 Å². The van der Waals surface area contributed by atoms with Gasteiger partial charge in [0, 0.05) is 19.8 Å². The Bertz CT molecular complexity index is 755. The second-order valence-electron chi connectivity index (χ2n) is 5.66. The van der Waals surface area contributed by atoms with Crippen molar-refractivity contribution >= 4 is 0 Å². The summed E-state index contributed by atoms with van der Waals surface area (Å²) in [6, 6.07) is 14.0. The van der Waals surface area contributed by atoms with E-state index >= 15 is 0 Å². The van der Waals surface area contributed by atoms with Gasteiger partial charge in [-0.2, -0.15) is 0 Å². The SMILES string of the molecule is CC(NCc1ccc(OCc2ccccn2)cc1)c1nncn1C. The summed E-state index contributed by atoms with van der Waals surface area (Å²) in [4.78, 5) is 4.24. The average molecular weight is 323 g/mol. The molecule has 0 bridgehead atoms. The number of aryl methyl sites for hydroxylation is 1. The molecule has 2 heterocycles. The van der Waals surface area contributed by atoms with Crippen molar-refractivity contribution in [1.82, 2.24) is 25.1 Å². The molecule has 2 aromatic heterocycles. The third-order valence-electron chi connectivity index (χ3n) is 3.78. The smallest absolute Gasteiger partial charge is 0.149 e. The normalized spacial score (nSPS) is 12.1. The van der Waals surface area contributed by atoms with Gasteiger partial charge in [-0.05, 0) is 36.8 Å². The van der Waals surface area contributed by atoms with Gasteiger partial charge in [-0.3, -0.25) is 4.98 Å². The van der Waals surface area contributed by atoms with Crippen LogP contribution in [-0.2, 0) is 20.2 Å². The maximum atomic E-state index is 5.74. The summed E-state index contributed by atoms with van der Waals surface area (Å²) in [7, 11) is 1.95. The molecule has 0 aliphatic heterocycles. The Balaban J connectivity index is 1.50. The molecular weight excluding hydrogens is 302 g/mol. The largest absolute Gasteiger partial charge is 0.487 e. The van der Waals surface area contributed by atoms with Gasteiger partial charge in [-0.1, -0.05) is 18.2 Å². The third-order valence-corrected chi connectivity index (χ3v) is 3.78. The number of nitrogens with one attached hydrogen (secondary N) is 1. The van der Waals surface area contributed by atoms with Crippen LogP contribution in [0.15, 0.2) is 55.0 Å². The predicted octanol–water partition coefficient (Wildman–Crippen LogP) is 2.64. The van der Waals surface area contributed by atoms with Crippen LogP contribution in [0.3, 0.4) is 0 Å². The van der Waals surface area contributed by atoms with Gasteiger partial charge in [0.05, 0.1) is 11.7 Å². The first kappa shape index (κ1) is 16.1. The van der Waals surface area contributed by atoms with Gasteiger partial charge in [-0.15, -0.1) is 10.2 Å². The minimum absolute atomic E-state index is 0.137. The lowest BCUT2D eigenvalue weighted by molar-refractivity contribution is 0.301. The Morgan fingerprint density at radius 1 is 1.17 bits per heavy atom. The maximum absolute atomic E-state index is 5.74. The molecule has 6 heteroatoms. The Kier molecular flexibility index (Phi) is 5.18. The Hall–Kier alpha value is -2.73. The molecule has 1 aromatic carbocycles. The lowest BCUT2D eigenvalue weighted by Gasteiger charge is -2.13. The molecule has 0 aliphatic carbocycles. The summed E-state index contributed by atoms with van der Waals surface area (Å²) in [5, 5.41) is 11.5. The van der Waals surface area contributed by atoms with E-state index in [0.717, 1.165) is 23.8 Å². The summed E-state index contributed by atoms with van der Waals surface area (Å²) in [5.41, 5.74) is 2.11. The van der Waals surface area contributed by atoms with Gasteiger partial charge in [-0.25, -0.2) is 0 Å². The van der Waals surface area contributed by atoms with Crippen LogP contribution >= 0.6 is 0 Å². The molecule has 24 heavy (non-hydrogen) atoms. The number of aromatic nitrogens is 4. The number of hydrogen-bond acceptors (Lipinski definition) is 5. The van der Waals surface area contributed by atoms with Crippen LogP contribution in [0.2, 0.25) is 0 Å². The van der Waals surface area contributed by atoms with Crippen LogP contribution in [0.25, 0.3) is 0 Å². The number of benzene rings is 1. The lowest BCUT2D eigenvalue weighted by atomic mass is 10.2. The van der Waals surface area contributed by atoms with E-state index in [4.69, 9.17) is 4.74 Å². The van der Waals surface area contributed by atoms with Crippen molar-refractivity contribution in [3.63, 3.8) is 0 Å². The molecule has 6 nitrogen and oxygen atoms in total. The van der Waals surface area contributed by atoms with Crippen molar-refractivity contribution in [1.29, 1.82) is 0 Å². The highest BCUT2D eigenvalue weighted by molar-refractivity contribution is 5.27. The lowest BCUT2D eigenvalue weighted by Crippen LogP contribution is -2.21. The molecule has 3 aromatic rings. The second-order valence-corrected chi connectivity index (χ2v) is 5.66. The van der Waals surface area contributed by atoms with Gasteiger partial charge < -0.3 is 14.6 Å². The fraction of sp³-hybridized carbons (Fsp3) is 0.278. The van der Waals surface area contributed by atoms with Gasteiger partial charge in [0.2, 0.25) is 0 Å². The van der Waals surface area contributed by atoms with Crippen LogP contribution < -0.4 is 10.1 Å². The minimum Gasteiger partial charge on any atom is -0.487 e. The predicted molar refractivity (Wildman–Crippen MR) is 91.3 cm³/mol. The molecule has 3 rings (SSSR count). The fourth-order valence-corrected chi connectivity index (χ4v) is 2.39. The van der Waals surface area contributed by atoms with E-state index < -0.39 is 0 Å². The standard InChI is InChI=1S/C18H21N5O/c1-14(18-22-21-13-23(18)2)20-11-15-6-8-17(9-7-15)24-12-16-5-3-4-10-19-16/h3-10,13-14,20H,11-12H2,1-2H3. The molecule has 0 radical (unpaired) electrons. The zero-order chi connectivity index (χ0) is 16.8. The highest BCUT2D eigenvalue weighted by Gasteiger charge is 2.10. The molecule has 1 unspecified atom stereocenters. The summed E-state index contributed by atoms with van der Waals surface area (Å²) >= 11 is 0. The average Bonchev–Trinajstić information content (AvgIpc) is 3.06. The van der Waals surface area contributed by atoms with E-state index in [1.54, 1.807) is 12.5 Å². The first-order valence-electron chi connectivity index (χ1n) is 7.91. The van der Waals surface area contributed by atoms with Gasteiger partial charge in [0.1, 0.15) is 24.5 Å². The van der Waals surface area contributed by atoms with Crippen molar-refractivity contribution in [3.8, 4) is 5.75 Å². The quantitative estimate of drug-likeness (QED) is 0.724. The van der Waals surface area contributed by atoms with Gasteiger partial charge >= 0.3 is 0 Å². The fourth-order valence-electron chi connectivity index (χ4n) is 2.39. The Labute approximate surface area is 141 Å². The van der Waals surface area contributed by atoms with E-state index in [1.165, 1.54) is 5.56 Å². The molecule has 0 fully saturated rings. The number of pyridine rings is 1. The van der Waals surface area contributed by atoms with E-state index in [-0.39, 0.29) is 6.04 Å². The molecule has 0 saturated heterocycles. The Morgan fingerprint density at radius 3 is 2.67 bits per heavy atom. The first-order valence-corrected chi connectivity index (χ1v) is 7.91. The van der Waals surface area contributed by atoms with E-state index in [2.05, 4.69) is 39.6 Å². The molecule has 0 spiro atoms. The van der Waals surface area contributed by atoms with Crippen LogP contribution in [0.5, 0.6) is 5.75 Å². The molecule has 0 aliphatic rings. The molecule has 0 amide bonds. The number of ether oxygens (including phenoxy) is 1. The van der Waals surface area contributed by atoms with Gasteiger partial charge in [0.25, 0.3) is 0 Å².